The number of allylic oxidation sites excluding steroid dienone is 2. The largest absolute Gasteiger partial charge is 0.496 e. The third-order valence-corrected chi connectivity index (χ3v) is 6.41. The van der Waals surface area contributed by atoms with Gasteiger partial charge >= 0.3 is 5.97 Å². The molecule has 0 fully saturated rings. The van der Waals surface area contributed by atoms with Crippen molar-refractivity contribution in [3.63, 3.8) is 0 Å². The molecule has 2 aliphatic rings. The van der Waals surface area contributed by atoms with Crippen LogP contribution >= 0.6 is 11.6 Å². The first-order valence-electron chi connectivity index (χ1n) is 10.2. The Kier molecular flexibility index (Phi) is 5.96. The number of ether oxygens (including phenoxy) is 2. The lowest BCUT2D eigenvalue weighted by atomic mass is 9.69. The molecule has 2 aromatic carbocycles. The summed E-state index contributed by atoms with van der Waals surface area (Å²) in [5, 5.41) is 0.662. The Labute approximate surface area is 186 Å². The molecule has 1 aliphatic carbocycles. The number of carbonyl (C=O) groups excluding carboxylic acids is 2. The number of hydrogen-bond donors (Lipinski definition) is 0. The number of halogens is 1. The molecule has 1 aliphatic heterocycles. The van der Waals surface area contributed by atoms with E-state index in [1.165, 1.54) is 7.11 Å². The maximum Gasteiger partial charge on any atom is 0.315 e. The van der Waals surface area contributed by atoms with E-state index in [1.54, 1.807) is 7.11 Å². The minimum absolute atomic E-state index is 0.00209. The van der Waals surface area contributed by atoms with Crippen LogP contribution in [0.2, 0.25) is 5.02 Å². The first-order chi connectivity index (χ1) is 14.9. The lowest BCUT2D eigenvalue weighted by Gasteiger charge is -2.36. The van der Waals surface area contributed by atoms with E-state index in [0.717, 1.165) is 16.8 Å². The summed E-state index contributed by atoms with van der Waals surface area (Å²) in [6.45, 7) is 1.82. The molecule has 6 heteroatoms. The number of benzene rings is 2. The molecule has 4 rings (SSSR count). The van der Waals surface area contributed by atoms with Gasteiger partial charge in [-0.25, -0.2) is 0 Å². The van der Waals surface area contributed by atoms with E-state index < -0.39 is 17.8 Å². The number of nitrogens with zero attached hydrogens (tertiary/aromatic N) is 1. The van der Waals surface area contributed by atoms with Gasteiger partial charge in [-0.3, -0.25) is 14.6 Å². The van der Waals surface area contributed by atoms with Gasteiger partial charge < -0.3 is 9.47 Å². The number of methoxy groups -OCH3 is 2. The Morgan fingerprint density at radius 3 is 2.45 bits per heavy atom. The lowest BCUT2D eigenvalue weighted by molar-refractivity contribution is -0.143. The second-order valence-corrected chi connectivity index (χ2v) is 8.35. The van der Waals surface area contributed by atoms with Crippen LogP contribution in [0.4, 0.5) is 0 Å². The summed E-state index contributed by atoms with van der Waals surface area (Å²) in [4.78, 5) is 31.0. The Hall–Kier alpha value is -2.92. The molecule has 1 heterocycles. The molecule has 31 heavy (non-hydrogen) atoms. The van der Waals surface area contributed by atoms with E-state index in [9.17, 15) is 9.59 Å². The van der Waals surface area contributed by atoms with Gasteiger partial charge in [0.05, 0.1) is 14.2 Å². The topological polar surface area (TPSA) is 65.0 Å². The van der Waals surface area contributed by atoms with Gasteiger partial charge in [-0.05, 0) is 43.0 Å². The Morgan fingerprint density at radius 2 is 1.77 bits per heavy atom. The second-order valence-electron chi connectivity index (χ2n) is 7.91. The van der Waals surface area contributed by atoms with Crippen LogP contribution in [0.5, 0.6) is 5.75 Å². The van der Waals surface area contributed by atoms with Crippen molar-refractivity contribution in [2.75, 3.05) is 14.2 Å². The molecule has 0 saturated heterocycles. The normalized spacial score (nSPS) is 23.2. The fourth-order valence-electron chi connectivity index (χ4n) is 4.72. The van der Waals surface area contributed by atoms with Crippen molar-refractivity contribution in [2.45, 2.75) is 31.6 Å². The average molecular weight is 438 g/mol. The minimum atomic E-state index is -0.670. The quantitative estimate of drug-likeness (QED) is 0.624. The van der Waals surface area contributed by atoms with E-state index in [4.69, 9.17) is 26.1 Å². The summed E-state index contributed by atoms with van der Waals surface area (Å²) in [5.41, 5.74) is 3.83. The maximum atomic E-state index is 13.5. The van der Waals surface area contributed by atoms with Crippen molar-refractivity contribution in [1.29, 1.82) is 0 Å². The summed E-state index contributed by atoms with van der Waals surface area (Å²) in [6.07, 6.45) is 0.980. The smallest absolute Gasteiger partial charge is 0.315 e. The van der Waals surface area contributed by atoms with Crippen LogP contribution in [0.25, 0.3) is 0 Å². The highest BCUT2D eigenvalue weighted by molar-refractivity contribution is 6.30. The van der Waals surface area contributed by atoms with E-state index in [1.807, 2.05) is 55.5 Å². The Balaban J connectivity index is 1.83. The van der Waals surface area contributed by atoms with E-state index in [-0.39, 0.29) is 11.7 Å². The number of hydrogen-bond acceptors (Lipinski definition) is 5. The molecule has 0 aromatic heterocycles. The number of Topliss-reactive ketones (excluding diaryl/α,β-unsaturated/α-hetero) is 1. The van der Waals surface area contributed by atoms with Crippen molar-refractivity contribution >= 4 is 29.1 Å². The summed E-state index contributed by atoms with van der Waals surface area (Å²) in [7, 11) is 2.95. The van der Waals surface area contributed by atoms with E-state index in [2.05, 4.69) is 0 Å². The van der Waals surface area contributed by atoms with Crippen LogP contribution in [0.1, 0.15) is 42.7 Å². The number of esters is 1. The summed E-state index contributed by atoms with van der Waals surface area (Å²) in [6, 6.07) is 15.1. The predicted octanol–water partition coefficient (Wildman–Crippen LogP) is 5.10. The molecule has 0 N–H and O–H groups in total. The standard InChI is InChI=1S/C25H24ClNO4/c1-14-22(25(29)31-3)23(18-6-4-5-7-21(18)30-2)24-19(27-14)12-16(13-20(24)28)15-8-10-17(26)11-9-15/h4-11,16,22-23H,12-13H2,1-3H3/t16-,22?,23+/m0/s1. The minimum Gasteiger partial charge on any atom is -0.496 e. The number of ketones is 1. The van der Waals surface area contributed by atoms with Crippen LogP contribution in [0, 0.1) is 5.92 Å². The van der Waals surface area contributed by atoms with Gasteiger partial charge in [-0.1, -0.05) is 41.9 Å². The van der Waals surface area contributed by atoms with Gasteiger partial charge in [0.15, 0.2) is 5.78 Å². The Morgan fingerprint density at radius 1 is 1.06 bits per heavy atom. The molecular weight excluding hydrogens is 414 g/mol. The van der Waals surface area contributed by atoms with E-state index in [0.29, 0.717) is 34.9 Å². The van der Waals surface area contributed by atoms with Crippen molar-refractivity contribution in [3.8, 4) is 5.75 Å². The molecule has 2 aromatic rings. The number of aliphatic imine (C=N–C) groups is 1. The number of carbonyl (C=O) groups is 2. The summed E-state index contributed by atoms with van der Waals surface area (Å²) in [5.74, 6) is -0.909. The van der Waals surface area contributed by atoms with Gasteiger partial charge in [0.25, 0.3) is 0 Å². The summed E-state index contributed by atoms with van der Waals surface area (Å²) >= 11 is 6.03. The molecule has 0 radical (unpaired) electrons. The molecule has 0 spiro atoms. The first-order valence-corrected chi connectivity index (χ1v) is 10.6. The zero-order valence-corrected chi connectivity index (χ0v) is 18.5. The van der Waals surface area contributed by atoms with Crippen LogP contribution in [-0.2, 0) is 14.3 Å². The third kappa shape index (κ3) is 3.90. The van der Waals surface area contributed by atoms with Gasteiger partial charge in [-0.2, -0.15) is 0 Å². The number of rotatable bonds is 4. The summed E-state index contributed by atoms with van der Waals surface area (Å²) < 4.78 is 10.7. The zero-order chi connectivity index (χ0) is 22.1. The predicted molar refractivity (Wildman–Crippen MR) is 120 cm³/mol. The van der Waals surface area contributed by atoms with Crippen LogP contribution < -0.4 is 4.74 Å². The van der Waals surface area contributed by atoms with E-state index >= 15 is 0 Å². The molecule has 0 amide bonds. The average Bonchev–Trinajstić information content (AvgIpc) is 2.78. The highest BCUT2D eigenvalue weighted by Gasteiger charge is 2.45. The molecule has 5 nitrogen and oxygen atoms in total. The fraction of sp³-hybridized carbons (Fsp3) is 0.320. The van der Waals surface area contributed by atoms with Gasteiger partial charge in [0.1, 0.15) is 11.7 Å². The maximum absolute atomic E-state index is 13.5. The van der Waals surface area contributed by atoms with Crippen molar-refractivity contribution in [2.24, 2.45) is 10.9 Å². The van der Waals surface area contributed by atoms with Crippen molar-refractivity contribution in [3.05, 3.63) is 76.0 Å². The monoisotopic (exact) mass is 437 g/mol. The van der Waals surface area contributed by atoms with Crippen LogP contribution in [0.15, 0.2) is 64.8 Å². The van der Waals surface area contributed by atoms with Crippen molar-refractivity contribution in [1.82, 2.24) is 0 Å². The SMILES string of the molecule is COC(=O)C1C(C)=NC2=C(C(=O)C[C@@H](c3ccc(Cl)cc3)C2)[C@@H]1c1ccccc1OC. The zero-order valence-electron chi connectivity index (χ0n) is 17.7. The molecule has 160 valence electrons. The lowest BCUT2D eigenvalue weighted by Crippen LogP contribution is -2.37. The third-order valence-electron chi connectivity index (χ3n) is 6.16. The Bertz CT molecular complexity index is 1090. The van der Waals surface area contributed by atoms with Crippen LogP contribution in [0.3, 0.4) is 0 Å². The first kappa shape index (κ1) is 21.3. The van der Waals surface area contributed by atoms with Crippen LogP contribution in [-0.4, -0.2) is 31.7 Å². The van der Waals surface area contributed by atoms with Crippen molar-refractivity contribution < 1.29 is 19.1 Å². The molecule has 3 atom stereocenters. The molecule has 0 saturated carbocycles. The molecule has 1 unspecified atom stereocenters. The van der Waals surface area contributed by atoms with Gasteiger partial charge in [0, 0.05) is 39.9 Å². The highest BCUT2D eigenvalue weighted by atomic mass is 35.5. The number of para-hydroxylation sites is 1. The molecule has 0 bridgehead atoms. The highest BCUT2D eigenvalue weighted by Crippen LogP contribution is 2.48. The van der Waals surface area contributed by atoms with Gasteiger partial charge in [-0.15, -0.1) is 0 Å². The fourth-order valence-corrected chi connectivity index (χ4v) is 4.85. The second kappa shape index (κ2) is 8.67. The van der Waals surface area contributed by atoms with Gasteiger partial charge in [0.2, 0.25) is 0 Å². The molecular formula is C25H24ClNO4.